The largest absolute Gasteiger partial charge is 0.444 e. The standard InChI is InChI=1S/C16H14BrFN2O3S/c1-9(21)23-16(6-7-20(2)14(16)22)11-5-3-4-10(8-11)12-13(18)24-15(17)19-12/h3-5,8H,6-7H2,1-2H3. The Hall–Kier alpha value is -1.80. The van der Waals surface area contributed by atoms with Crippen molar-refractivity contribution >= 4 is 39.1 Å². The second kappa shape index (κ2) is 6.25. The van der Waals surface area contributed by atoms with Crippen molar-refractivity contribution in [2.24, 2.45) is 0 Å². The van der Waals surface area contributed by atoms with Crippen molar-refractivity contribution < 1.29 is 18.7 Å². The van der Waals surface area contributed by atoms with E-state index in [0.717, 1.165) is 11.3 Å². The van der Waals surface area contributed by atoms with Crippen molar-refractivity contribution in [2.75, 3.05) is 13.6 Å². The Bertz CT molecular complexity index is 825. The molecule has 2 aromatic rings. The van der Waals surface area contributed by atoms with Crippen molar-refractivity contribution in [3.63, 3.8) is 0 Å². The number of nitrogens with zero attached hydrogens (tertiary/aromatic N) is 2. The van der Waals surface area contributed by atoms with E-state index in [1.165, 1.54) is 11.8 Å². The number of amides is 1. The van der Waals surface area contributed by atoms with Gasteiger partial charge in [0.1, 0.15) is 5.69 Å². The van der Waals surface area contributed by atoms with E-state index in [1.807, 2.05) is 0 Å². The molecule has 0 saturated carbocycles. The van der Waals surface area contributed by atoms with E-state index >= 15 is 0 Å². The fourth-order valence-corrected chi connectivity index (χ4v) is 4.03. The molecule has 1 aliphatic heterocycles. The molecule has 0 N–H and O–H groups in total. The first-order valence-corrected chi connectivity index (χ1v) is 8.82. The first-order chi connectivity index (χ1) is 11.3. The van der Waals surface area contributed by atoms with Crippen LogP contribution in [-0.2, 0) is 19.9 Å². The van der Waals surface area contributed by atoms with Crippen LogP contribution in [0.4, 0.5) is 4.39 Å². The lowest BCUT2D eigenvalue weighted by Gasteiger charge is -2.27. The Morgan fingerprint density at radius 1 is 1.50 bits per heavy atom. The molecule has 5 nitrogen and oxygen atoms in total. The van der Waals surface area contributed by atoms with Crippen LogP contribution in [0.25, 0.3) is 11.3 Å². The van der Waals surface area contributed by atoms with Gasteiger partial charge in [-0.1, -0.05) is 29.5 Å². The summed E-state index contributed by atoms with van der Waals surface area (Å²) < 4.78 is 19.9. The Morgan fingerprint density at radius 2 is 2.25 bits per heavy atom. The van der Waals surface area contributed by atoms with Gasteiger partial charge in [-0.2, -0.15) is 4.39 Å². The maximum atomic E-state index is 14.0. The van der Waals surface area contributed by atoms with Crippen LogP contribution in [0.1, 0.15) is 18.9 Å². The molecule has 1 aromatic carbocycles. The summed E-state index contributed by atoms with van der Waals surface area (Å²) in [5.41, 5.74) is -0.111. The van der Waals surface area contributed by atoms with Crippen molar-refractivity contribution in [3.8, 4) is 11.3 Å². The molecular weight excluding hydrogens is 399 g/mol. The van der Waals surface area contributed by atoms with E-state index in [0.29, 0.717) is 28.0 Å². The molecular formula is C16H14BrFN2O3S. The van der Waals surface area contributed by atoms with E-state index in [9.17, 15) is 14.0 Å². The molecule has 1 saturated heterocycles. The van der Waals surface area contributed by atoms with Crippen LogP contribution < -0.4 is 0 Å². The van der Waals surface area contributed by atoms with E-state index in [-0.39, 0.29) is 11.6 Å². The monoisotopic (exact) mass is 412 g/mol. The van der Waals surface area contributed by atoms with Crippen LogP contribution in [0, 0.1) is 5.13 Å². The Morgan fingerprint density at radius 3 is 2.79 bits per heavy atom. The summed E-state index contributed by atoms with van der Waals surface area (Å²) in [6.07, 6.45) is 0.356. The number of ether oxygens (including phenoxy) is 1. The van der Waals surface area contributed by atoms with Gasteiger partial charge in [-0.25, -0.2) is 4.98 Å². The number of likely N-dealkylation sites (tertiary alicyclic amines) is 1. The molecule has 24 heavy (non-hydrogen) atoms. The Balaban J connectivity index is 2.10. The fraction of sp³-hybridized carbons (Fsp3) is 0.312. The van der Waals surface area contributed by atoms with Gasteiger partial charge >= 0.3 is 5.97 Å². The number of aromatic nitrogens is 1. The van der Waals surface area contributed by atoms with Gasteiger partial charge in [-0.3, -0.25) is 9.59 Å². The number of likely N-dealkylation sites (N-methyl/N-ethyl adjacent to an activating group) is 1. The molecule has 1 aromatic heterocycles. The van der Waals surface area contributed by atoms with Crippen LogP contribution in [0.5, 0.6) is 0 Å². The normalized spacial score (nSPS) is 20.5. The number of benzene rings is 1. The third-order valence-corrected chi connectivity index (χ3v) is 5.27. The zero-order valence-electron chi connectivity index (χ0n) is 13.0. The zero-order chi connectivity index (χ0) is 17.5. The highest BCUT2D eigenvalue weighted by Gasteiger charge is 2.50. The van der Waals surface area contributed by atoms with Gasteiger partial charge in [0, 0.05) is 38.1 Å². The minimum absolute atomic E-state index is 0.200. The number of halogens is 2. The summed E-state index contributed by atoms with van der Waals surface area (Å²) in [6, 6.07) is 6.78. The number of carbonyl (C=O) groups is 2. The first kappa shape index (κ1) is 17.0. The number of hydrogen-bond acceptors (Lipinski definition) is 5. The van der Waals surface area contributed by atoms with Gasteiger partial charge in [-0.05, 0) is 22.0 Å². The van der Waals surface area contributed by atoms with Gasteiger partial charge in [0.05, 0.1) is 0 Å². The zero-order valence-corrected chi connectivity index (χ0v) is 15.4. The third-order valence-electron chi connectivity index (χ3n) is 3.97. The van der Waals surface area contributed by atoms with Crippen LogP contribution >= 0.6 is 27.3 Å². The summed E-state index contributed by atoms with van der Waals surface area (Å²) in [6.45, 7) is 1.75. The quantitative estimate of drug-likeness (QED) is 0.725. The van der Waals surface area contributed by atoms with E-state index < -0.39 is 16.7 Å². The summed E-state index contributed by atoms with van der Waals surface area (Å²) in [5, 5.41) is -0.421. The van der Waals surface area contributed by atoms with Crippen molar-refractivity contribution in [2.45, 2.75) is 18.9 Å². The predicted octanol–water partition coefficient (Wildman–Crippen LogP) is 3.33. The van der Waals surface area contributed by atoms with Gasteiger partial charge in [0.15, 0.2) is 3.92 Å². The average molecular weight is 413 g/mol. The highest BCUT2D eigenvalue weighted by atomic mass is 79.9. The summed E-state index contributed by atoms with van der Waals surface area (Å²) in [7, 11) is 1.66. The molecule has 1 aliphatic rings. The number of carbonyl (C=O) groups excluding carboxylic acids is 2. The number of hydrogen-bond donors (Lipinski definition) is 0. The second-order valence-electron chi connectivity index (χ2n) is 5.57. The summed E-state index contributed by atoms with van der Waals surface area (Å²) in [4.78, 5) is 29.9. The third kappa shape index (κ3) is 2.84. The fourth-order valence-electron chi connectivity index (χ4n) is 2.88. The van der Waals surface area contributed by atoms with Gasteiger partial charge in [0.25, 0.3) is 5.91 Å². The molecule has 8 heteroatoms. The minimum Gasteiger partial charge on any atom is -0.444 e. The number of thiazole rings is 1. The van der Waals surface area contributed by atoms with Crippen LogP contribution in [0.3, 0.4) is 0 Å². The molecule has 1 atom stereocenters. The lowest BCUT2D eigenvalue weighted by molar-refractivity contribution is -0.167. The van der Waals surface area contributed by atoms with E-state index in [4.69, 9.17) is 4.74 Å². The Labute approximate surface area is 150 Å². The van der Waals surface area contributed by atoms with Crippen LogP contribution in [0.15, 0.2) is 28.2 Å². The smallest absolute Gasteiger partial charge is 0.304 e. The van der Waals surface area contributed by atoms with Crippen molar-refractivity contribution in [3.05, 3.63) is 38.9 Å². The van der Waals surface area contributed by atoms with Crippen molar-refractivity contribution in [1.29, 1.82) is 0 Å². The SMILES string of the molecule is CC(=O)OC1(c2cccc(-c3nc(Br)sc3F)c2)CCN(C)C1=O. The molecule has 1 fully saturated rings. The lowest BCUT2D eigenvalue weighted by Crippen LogP contribution is -2.40. The number of rotatable bonds is 3. The molecule has 3 rings (SSSR count). The van der Waals surface area contributed by atoms with Gasteiger partial charge in [0.2, 0.25) is 10.7 Å². The molecule has 0 aliphatic carbocycles. The highest BCUT2D eigenvalue weighted by molar-refractivity contribution is 9.11. The lowest BCUT2D eigenvalue weighted by atomic mass is 9.90. The average Bonchev–Trinajstić information content (AvgIpc) is 3.01. The molecule has 0 spiro atoms. The Kier molecular flexibility index (Phi) is 4.44. The highest BCUT2D eigenvalue weighted by Crippen LogP contribution is 2.39. The summed E-state index contributed by atoms with van der Waals surface area (Å²) in [5.74, 6) is -0.818. The predicted molar refractivity (Wildman–Crippen MR) is 90.9 cm³/mol. The molecule has 0 bridgehead atoms. The second-order valence-corrected chi connectivity index (χ2v) is 7.79. The van der Waals surface area contributed by atoms with Gasteiger partial charge in [-0.15, -0.1) is 0 Å². The molecule has 126 valence electrons. The molecule has 2 heterocycles. The van der Waals surface area contributed by atoms with E-state index in [2.05, 4.69) is 20.9 Å². The summed E-state index contributed by atoms with van der Waals surface area (Å²) >= 11 is 4.05. The van der Waals surface area contributed by atoms with Crippen LogP contribution in [0.2, 0.25) is 0 Å². The molecule has 0 radical (unpaired) electrons. The van der Waals surface area contributed by atoms with Crippen LogP contribution in [-0.4, -0.2) is 35.4 Å². The topological polar surface area (TPSA) is 59.5 Å². The maximum Gasteiger partial charge on any atom is 0.304 e. The molecule has 1 amide bonds. The van der Waals surface area contributed by atoms with E-state index in [1.54, 1.807) is 31.3 Å². The minimum atomic E-state index is -1.36. The van der Waals surface area contributed by atoms with Gasteiger partial charge < -0.3 is 9.64 Å². The number of esters is 1. The first-order valence-electron chi connectivity index (χ1n) is 7.21. The maximum absolute atomic E-state index is 14.0. The molecule has 1 unspecified atom stereocenters. The van der Waals surface area contributed by atoms with Crippen molar-refractivity contribution in [1.82, 2.24) is 9.88 Å².